The van der Waals surface area contributed by atoms with E-state index in [1.807, 2.05) is 0 Å². The Bertz CT molecular complexity index is 587. The number of nitrogens with one attached hydrogen (secondary N) is 2. The summed E-state index contributed by atoms with van der Waals surface area (Å²) in [5.74, 6) is 1.14. The van der Waals surface area contributed by atoms with Crippen molar-refractivity contribution in [1.29, 1.82) is 0 Å². The van der Waals surface area contributed by atoms with Crippen LogP contribution in [0.1, 0.15) is 24.6 Å². The van der Waals surface area contributed by atoms with E-state index in [2.05, 4.69) is 15.3 Å². The Labute approximate surface area is 130 Å². The number of H-pyrrole nitrogens is 1. The molecular formula is C13H23N5O3S. The van der Waals surface area contributed by atoms with Gasteiger partial charge in [0, 0.05) is 51.5 Å². The minimum Gasteiger partial charge on any atom is -0.348 e. The number of amides is 2. The van der Waals surface area contributed by atoms with Crippen LogP contribution < -0.4 is 5.32 Å². The quantitative estimate of drug-likeness (QED) is 0.805. The van der Waals surface area contributed by atoms with Gasteiger partial charge >= 0.3 is 6.03 Å². The lowest BCUT2D eigenvalue weighted by molar-refractivity contribution is 0.178. The smallest absolute Gasteiger partial charge is 0.317 e. The third-order valence-electron chi connectivity index (χ3n) is 3.88. The fourth-order valence-electron chi connectivity index (χ4n) is 2.48. The molecule has 1 saturated heterocycles. The van der Waals surface area contributed by atoms with Crippen molar-refractivity contribution in [2.75, 3.05) is 39.5 Å². The molecule has 8 nitrogen and oxygen atoms in total. The number of piperidine rings is 1. The van der Waals surface area contributed by atoms with Crippen molar-refractivity contribution in [2.24, 2.45) is 0 Å². The molecule has 22 heavy (non-hydrogen) atoms. The zero-order chi connectivity index (χ0) is 16.2. The van der Waals surface area contributed by atoms with Gasteiger partial charge in [0.15, 0.2) is 0 Å². The maximum Gasteiger partial charge on any atom is 0.317 e. The van der Waals surface area contributed by atoms with Crippen molar-refractivity contribution in [3.05, 3.63) is 18.2 Å². The summed E-state index contributed by atoms with van der Waals surface area (Å²) in [6, 6.07) is -0.154. The molecule has 1 aromatic heterocycles. The van der Waals surface area contributed by atoms with Crippen LogP contribution >= 0.6 is 0 Å². The second-order valence-electron chi connectivity index (χ2n) is 5.58. The number of carbonyl (C=O) groups is 1. The van der Waals surface area contributed by atoms with Gasteiger partial charge in [0.25, 0.3) is 0 Å². The van der Waals surface area contributed by atoms with Gasteiger partial charge in [-0.2, -0.15) is 0 Å². The van der Waals surface area contributed by atoms with Gasteiger partial charge in [0.2, 0.25) is 10.0 Å². The van der Waals surface area contributed by atoms with Gasteiger partial charge in [0.05, 0.1) is 6.26 Å². The molecule has 1 atom stereocenters. The number of hydrogen-bond donors (Lipinski definition) is 2. The maximum atomic E-state index is 12.2. The molecule has 1 aliphatic heterocycles. The van der Waals surface area contributed by atoms with E-state index in [0.29, 0.717) is 19.6 Å². The highest BCUT2D eigenvalue weighted by Crippen LogP contribution is 2.24. The highest BCUT2D eigenvalue weighted by molar-refractivity contribution is 7.88. The third-order valence-corrected chi connectivity index (χ3v) is 5.20. The maximum absolute atomic E-state index is 12.2. The normalized spacial score (nSPS) is 19.4. The molecule has 124 valence electrons. The minimum absolute atomic E-state index is 0.154. The first kappa shape index (κ1) is 16.8. The number of rotatable bonds is 5. The lowest BCUT2D eigenvalue weighted by Gasteiger charge is -2.32. The predicted molar refractivity (Wildman–Crippen MR) is 83.0 cm³/mol. The highest BCUT2D eigenvalue weighted by Gasteiger charge is 2.26. The number of sulfonamides is 1. The molecule has 0 bridgehead atoms. The number of imidazole rings is 1. The fraction of sp³-hybridized carbons (Fsp3) is 0.692. The Morgan fingerprint density at radius 2 is 2.36 bits per heavy atom. The molecule has 0 radical (unpaired) electrons. The van der Waals surface area contributed by atoms with Gasteiger partial charge in [0.1, 0.15) is 5.82 Å². The summed E-state index contributed by atoms with van der Waals surface area (Å²) >= 11 is 0. The van der Waals surface area contributed by atoms with E-state index in [1.54, 1.807) is 17.3 Å². The van der Waals surface area contributed by atoms with Crippen LogP contribution in [0.15, 0.2) is 12.4 Å². The van der Waals surface area contributed by atoms with Crippen LogP contribution in [-0.4, -0.2) is 73.1 Å². The molecule has 1 aliphatic rings. The molecule has 2 heterocycles. The lowest BCUT2D eigenvalue weighted by atomic mass is 9.98. The number of nitrogens with zero attached hydrogens (tertiary/aromatic N) is 3. The Balaban J connectivity index is 1.80. The molecule has 2 rings (SSSR count). The Morgan fingerprint density at radius 1 is 1.59 bits per heavy atom. The van der Waals surface area contributed by atoms with E-state index in [4.69, 9.17) is 0 Å². The van der Waals surface area contributed by atoms with Gasteiger partial charge in [-0.05, 0) is 12.8 Å². The van der Waals surface area contributed by atoms with Gasteiger partial charge in [-0.3, -0.25) is 0 Å². The van der Waals surface area contributed by atoms with E-state index in [-0.39, 0.29) is 18.5 Å². The molecule has 2 amide bonds. The molecule has 2 N–H and O–H groups in total. The zero-order valence-electron chi connectivity index (χ0n) is 12.9. The summed E-state index contributed by atoms with van der Waals surface area (Å²) in [6.45, 7) is 1.90. The van der Waals surface area contributed by atoms with E-state index < -0.39 is 10.0 Å². The average molecular weight is 329 g/mol. The van der Waals surface area contributed by atoms with Gasteiger partial charge < -0.3 is 15.2 Å². The predicted octanol–water partition coefficient (Wildman–Crippen LogP) is 0.190. The summed E-state index contributed by atoms with van der Waals surface area (Å²) in [5, 5.41) is 2.77. The lowest BCUT2D eigenvalue weighted by Crippen LogP contribution is -2.47. The summed E-state index contributed by atoms with van der Waals surface area (Å²) in [4.78, 5) is 21.3. The number of likely N-dealkylation sites (tertiary alicyclic amines) is 1. The molecule has 1 aromatic rings. The molecule has 0 aliphatic carbocycles. The van der Waals surface area contributed by atoms with Crippen molar-refractivity contribution in [3.63, 3.8) is 0 Å². The fourth-order valence-corrected chi connectivity index (χ4v) is 2.91. The Morgan fingerprint density at radius 3 is 3.00 bits per heavy atom. The molecule has 0 aromatic carbocycles. The zero-order valence-corrected chi connectivity index (χ0v) is 13.8. The minimum atomic E-state index is -3.21. The van der Waals surface area contributed by atoms with Gasteiger partial charge in [-0.15, -0.1) is 0 Å². The van der Waals surface area contributed by atoms with Crippen LogP contribution in [0.3, 0.4) is 0 Å². The standard InChI is InChI=1S/C13H23N5O3S/c1-17(22(2,20)21)9-7-16-13(19)18-8-3-4-11(10-18)12-14-5-6-15-12/h5-6,11H,3-4,7-10H2,1-2H3,(H,14,15)(H,16,19)/t11-/m1/s1. The van der Waals surface area contributed by atoms with Gasteiger partial charge in [-0.25, -0.2) is 22.5 Å². The van der Waals surface area contributed by atoms with Crippen LogP contribution in [-0.2, 0) is 10.0 Å². The number of likely N-dealkylation sites (N-methyl/N-ethyl adjacent to an activating group) is 1. The second kappa shape index (κ2) is 7.10. The molecular weight excluding hydrogens is 306 g/mol. The first-order valence-electron chi connectivity index (χ1n) is 7.31. The van der Waals surface area contributed by atoms with Crippen molar-refractivity contribution in [1.82, 2.24) is 24.5 Å². The van der Waals surface area contributed by atoms with E-state index >= 15 is 0 Å². The monoisotopic (exact) mass is 329 g/mol. The topological polar surface area (TPSA) is 98.4 Å². The highest BCUT2D eigenvalue weighted by atomic mass is 32.2. The van der Waals surface area contributed by atoms with Crippen LogP contribution in [0.2, 0.25) is 0 Å². The van der Waals surface area contributed by atoms with Crippen LogP contribution in [0.4, 0.5) is 4.79 Å². The van der Waals surface area contributed by atoms with E-state index in [9.17, 15) is 13.2 Å². The van der Waals surface area contributed by atoms with Crippen molar-refractivity contribution >= 4 is 16.1 Å². The SMILES string of the molecule is CN(CCNC(=O)N1CCC[C@@H](c2ncc[nH]2)C1)S(C)(=O)=O. The molecule has 0 saturated carbocycles. The van der Waals surface area contributed by atoms with Crippen LogP contribution in [0.25, 0.3) is 0 Å². The Hall–Kier alpha value is -1.61. The second-order valence-corrected chi connectivity index (χ2v) is 7.67. The first-order chi connectivity index (χ1) is 10.4. The molecule has 9 heteroatoms. The van der Waals surface area contributed by atoms with Crippen molar-refractivity contribution in [2.45, 2.75) is 18.8 Å². The third kappa shape index (κ3) is 4.44. The van der Waals surface area contributed by atoms with Crippen molar-refractivity contribution < 1.29 is 13.2 Å². The largest absolute Gasteiger partial charge is 0.348 e. The Kier molecular flexibility index (Phi) is 5.41. The van der Waals surface area contributed by atoms with Crippen molar-refractivity contribution in [3.8, 4) is 0 Å². The van der Waals surface area contributed by atoms with E-state index in [1.165, 1.54) is 11.4 Å². The van der Waals surface area contributed by atoms with Crippen LogP contribution in [0, 0.1) is 0 Å². The number of hydrogen-bond acceptors (Lipinski definition) is 4. The summed E-state index contributed by atoms with van der Waals surface area (Å²) < 4.78 is 23.8. The van der Waals surface area contributed by atoms with Gasteiger partial charge in [-0.1, -0.05) is 0 Å². The number of aromatic amines is 1. The number of urea groups is 1. The summed E-state index contributed by atoms with van der Waals surface area (Å²) in [6.07, 6.45) is 6.59. The molecule has 1 fully saturated rings. The number of carbonyl (C=O) groups excluding carboxylic acids is 1. The summed E-state index contributed by atoms with van der Waals surface area (Å²) in [5.41, 5.74) is 0. The molecule has 0 spiro atoms. The van der Waals surface area contributed by atoms with Crippen LogP contribution in [0.5, 0.6) is 0 Å². The average Bonchev–Trinajstić information content (AvgIpc) is 3.00. The summed E-state index contributed by atoms with van der Waals surface area (Å²) in [7, 11) is -1.71. The first-order valence-corrected chi connectivity index (χ1v) is 9.16. The van der Waals surface area contributed by atoms with E-state index in [0.717, 1.165) is 24.9 Å². The number of aromatic nitrogens is 2. The molecule has 0 unspecified atom stereocenters.